The summed E-state index contributed by atoms with van der Waals surface area (Å²) in [6, 6.07) is -0.743. The van der Waals surface area contributed by atoms with Gasteiger partial charge in [-0.2, -0.15) is 0 Å². The van der Waals surface area contributed by atoms with Gasteiger partial charge in [0.25, 0.3) is 0 Å². The normalized spacial score (nSPS) is 30.8. The van der Waals surface area contributed by atoms with E-state index in [-0.39, 0.29) is 6.04 Å². The molecular weight excluding hydrogens is 288 g/mol. The Hall–Kier alpha value is -1.34. The van der Waals surface area contributed by atoms with Crippen LogP contribution >= 0.6 is 0 Å². The molecule has 3 atom stereocenters. The lowest BCUT2D eigenvalue weighted by molar-refractivity contribution is -0.145. The summed E-state index contributed by atoms with van der Waals surface area (Å²) in [5.41, 5.74) is -0.632. The first-order valence-electron chi connectivity index (χ1n) is 8.14. The van der Waals surface area contributed by atoms with Crippen LogP contribution in [0.25, 0.3) is 0 Å². The minimum absolute atomic E-state index is 0.0713. The maximum Gasteiger partial charge on any atom is 0.411 e. The molecule has 2 unspecified atom stereocenters. The minimum Gasteiger partial charge on any atom is -0.467 e. The highest BCUT2D eigenvalue weighted by Crippen LogP contribution is 2.26. The molecule has 0 N–H and O–H groups in total. The van der Waals surface area contributed by atoms with Gasteiger partial charge in [0.1, 0.15) is 11.6 Å². The number of methoxy groups -OCH3 is 1. The number of ether oxygens (including phenoxy) is 3. The quantitative estimate of drug-likeness (QED) is 0.704. The van der Waals surface area contributed by atoms with Crippen molar-refractivity contribution in [2.24, 2.45) is 0 Å². The van der Waals surface area contributed by atoms with Gasteiger partial charge in [-0.05, 0) is 27.2 Å². The fraction of sp³-hybridized carbons (Fsp3) is 0.867. The molecule has 2 aliphatic rings. The molecule has 0 aromatic rings. The molecule has 0 spiro atoms. The monoisotopic (exact) mass is 315 g/mol. The Morgan fingerprint density at radius 2 is 2.05 bits per heavy atom. The lowest BCUT2D eigenvalue weighted by atomic mass is 10.1. The molecule has 1 amide bonds. The van der Waals surface area contributed by atoms with Crippen molar-refractivity contribution in [1.82, 2.24) is 9.80 Å². The third-order valence-corrected chi connectivity index (χ3v) is 3.77. The van der Waals surface area contributed by atoms with E-state index < -0.39 is 30.2 Å². The Labute approximate surface area is 132 Å². The molecular formula is C15H26N2O5. The molecule has 0 saturated carbocycles. The predicted molar refractivity (Wildman–Crippen MR) is 79.5 cm³/mol. The molecule has 0 bridgehead atoms. The number of carbonyl (C=O) groups excluding carboxylic acids is 2. The van der Waals surface area contributed by atoms with Crippen LogP contribution in [0.2, 0.25) is 0 Å². The van der Waals surface area contributed by atoms with Gasteiger partial charge in [-0.25, -0.2) is 9.59 Å². The first-order valence-corrected chi connectivity index (χ1v) is 7.56. The summed E-state index contributed by atoms with van der Waals surface area (Å²) in [5, 5.41) is 0. The zero-order chi connectivity index (χ0) is 17.2. The van der Waals surface area contributed by atoms with Crippen LogP contribution in [0.1, 0.15) is 28.6 Å². The van der Waals surface area contributed by atoms with Gasteiger partial charge in [-0.1, -0.05) is 0 Å². The van der Waals surface area contributed by atoms with E-state index in [2.05, 4.69) is 0 Å². The second-order valence-electron chi connectivity index (χ2n) is 6.56. The van der Waals surface area contributed by atoms with Crippen molar-refractivity contribution in [1.29, 1.82) is 0 Å². The summed E-state index contributed by atoms with van der Waals surface area (Å²) in [5.74, 6) is -0.451. The van der Waals surface area contributed by atoms with Crippen molar-refractivity contribution in [3.63, 3.8) is 0 Å². The van der Waals surface area contributed by atoms with Crippen molar-refractivity contribution >= 4 is 12.1 Å². The molecule has 0 aliphatic carbocycles. The Bertz CT molecular complexity index is 454. The predicted octanol–water partition coefficient (Wildman–Crippen LogP) is 0.870. The molecule has 7 nitrogen and oxygen atoms in total. The molecule has 7 heteroatoms. The van der Waals surface area contributed by atoms with Crippen molar-refractivity contribution in [2.45, 2.75) is 44.9 Å². The lowest BCUT2D eigenvalue weighted by Crippen LogP contribution is -2.46. The second-order valence-corrected chi connectivity index (χ2v) is 6.56. The van der Waals surface area contributed by atoms with Crippen LogP contribution in [-0.2, 0) is 19.0 Å². The van der Waals surface area contributed by atoms with Gasteiger partial charge in [0, 0.05) is 27.0 Å². The highest BCUT2D eigenvalue weighted by Gasteiger charge is 2.44. The summed E-state index contributed by atoms with van der Waals surface area (Å²) in [7, 11) is 1.31. The summed E-state index contributed by atoms with van der Waals surface area (Å²) < 4.78 is 23.6. The van der Waals surface area contributed by atoms with E-state index in [1.807, 2.05) is 4.90 Å². The molecule has 126 valence electrons. The number of morpholine rings is 1. The van der Waals surface area contributed by atoms with Crippen LogP contribution in [0.3, 0.4) is 0 Å². The molecule has 0 aromatic heterocycles. The maximum atomic E-state index is 12.4. The minimum atomic E-state index is -0.671. The van der Waals surface area contributed by atoms with E-state index in [0.29, 0.717) is 32.7 Å². The van der Waals surface area contributed by atoms with E-state index in [9.17, 15) is 9.59 Å². The van der Waals surface area contributed by atoms with Gasteiger partial charge in [0.2, 0.25) is 0 Å². The fourth-order valence-corrected chi connectivity index (χ4v) is 2.76. The third kappa shape index (κ3) is 4.10. The molecule has 2 rings (SSSR count). The molecule has 0 aromatic carbocycles. The van der Waals surface area contributed by atoms with Gasteiger partial charge in [0.05, 0.1) is 20.3 Å². The third-order valence-electron chi connectivity index (χ3n) is 3.77. The number of hydrogen-bond donors (Lipinski definition) is 0. The standard InChI is InChI=1S/C15H26N2O5/c1-15(2,3)22-14(19)17-10-11(9-12(17)13(18)20-4)16-5-7-21-8-6-16/h11-12H,5-10H2,1-4H3/t11?,12-/m1/s1/i5D/t5?,11?,12-. The summed E-state index contributed by atoms with van der Waals surface area (Å²) in [6.07, 6.45) is -0.0772. The SMILES string of the molecule is [2H]C1COCCN1C1C[C@H](C(=O)OC)N(C(=O)OC(C)(C)C)C1. The van der Waals surface area contributed by atoms with Crippen molar-refractivity contribution < 1.29 is 25.2 Å². The van der Waals surface area contributed by atoms with Crippen LogP contribution in [0.4, 0.5) is 4.79 Å². The second kappa shape index (κ2) is 6.83. The number of rotatable bonds is 2. The Morgan fingerprint density at radius 3 is 2.64 bits per heavy atom. The molecule has 0 radical (unpaired) electrons. The van der Waals surface area contributed by atoms with Crippen molar-refractivity contribution in [3.8, 4) is 0 Å². The molecule has 2 heterocycles. The van der Waals surface area contributed by atoms with Crippen LogP contribution in [0.5, 0.6) is 0 Å². The van der Waals surface area contributed by atoms with E-state index >= 15 is 0 Å². The lowest BCUT2D eigenvalue weighted by Gasteiger charge is -2.32. The molecule has 22 heavy (non-hydrogen) atoms. The van der Waals surface area contributed by atoms with Crippen LogP contribution in [0, 0.1) is 0 Å². The van der Waals surface area contributed by atoms with E-state index in [1.165, 1.54) is 12.0 Å². The highest BCUT2D eigenvalue weighted by molar-refractivity contribution is 5.82. The molecule has 2 saturated heterocycles. The number of likely N-dealkylation sites (tertiary alicyclic amines) is 1. The van der Waals surface area contributed by atoms with Crippen molar-refractivity contribution in [3.05, 3.63) is 0 Å². The number of esters is 1. The van der Waals surface area contributed by atoms with E-state index in [1.54, 1.807) is 20.8 Å². The maximum absolute atomic E-state index is 12.4. The van der Waals surface area contributed by atoms with E-state index in [0.717, 1.165) is 0 Å². The zero-order valence-electron chi connectivity index (χ0n) is 14.7. The number of amides is 1. The molecule has 2 fully saturated rings. The van der Waals surface area contributed by atoms with Gasteiger partial charge >= 0.3 is 12.1 Å². The zero-order valence-corrected chi connectivity index (χ0v) is 13.7. The van der Waals surface area contributed by atoms with E-state index in [4.69, 9.17) is 15.6 Å². The largest absolute Gasteiger partial charge is 0.467 e. The first-order chi connectivity index (χ1) is 10.7. The highest BCUT2D eigenvalue weighted by atomic mass is 16.6. The number of hydrogen-bond acceptors (Lipinski definition) is 6. The van der Waals surface area contributed by atoms with Crippen LogP contribution < -0.4 is 0 Å². The van der Waals surface area contributed by atoms with Crippen molar-refractivity contribution in [2.75, 3.05) is 39.9 Å². The molecule has 2 aliphatic heterocycles. The summed E-state index contributed by atoms with van der Waals surface area (Å²) in [6.45, 7) is 6.74. The summed E-state index contributed by atoms with van der Waals surface area (Å²) in [4.78, 5) is 27.8. The topological polar surface area (TPSA) is 68.3 Å². The average Bonchev–Trinajstić information content (AvgIpc) is 2.90. The summed E-state index contributed by atoms with van der Waals surface area (Å²) >= 11 is 0. The van der Waals surface area contributed by atoms with Gasteiger partial charge in [0.15, 0.2) is 0 Å². The fourth-order valence-electron chi connectivity index (χ4n) is 2.76. The van der Waals surface area contributed by atoms with Gasteiger partial charge < -0.3 is 14.2 Å². The Morgan fingerprint density at radius 1 is 1.32 bits per heavy atom. The average molecular weight is 315 g/mol. The first kappa shape index (κ1) is 15.6. The Balaban J connectivity index is 2.12. The van der Waals surface area contributed by atoms with Gasteiger partial charge in [-0.15, -0.1) is 0 Å². The van der Waals surface area contributed by atoms with Crippen LogP contribution in [0.15, 0.2) is 0 Å². The van der Waals surface area contributed by atoms with Gasteiger partial charge in [-0.3, -0.25) is 9.80 Å². The smallest absolute Gasteiger partial charge is 0.411 e. The number of nitrogens with zero attached hydrogens (tertiary/aromatic N) is 2. The number of carbonyl (C=O) groups is 2. The Kier molecular flexibility index (Phi) is 4.83. The van der Waals surface area contributed by atoms with Crippen LogP contribution in [-0.4, -0.2) is 79.5 Å².